The van der Waals surface area contributed by atoms with Crippen molar-refractivity contribution in [3.8, 4) is 11.3 Å². The van der Waals surface area contributed by atoms with Gasteiger partial charge >= 0.3 is 0 Å². The van der Waals surface area contributed by atoms with Crippen molar-refractivity contribution in [2.45, 2.75) is 6.92 Å². The summed E-state index contributed by atoms with van der Waals surface area (Å²) < 4.78 is 0. The Bertz CT molecular complexity index is 715. The van der Waals surface area contributed by atoms with Gasteiger partial charge in [0, 0.05) is 11.8 Å². The van der Waals surface area contributed by atoms with Crippen molar-refractivity contribution in [1.29, 1.82) is 0 Å². The van der Waals surface area contributed by atoms with Gasteiger partial charge < -0.3 is 5.73 Å². The van der Waals surface area contributed by atoms with Crippen LogP contribution in [0.5, 0.6) is 0 Å². The van der Waals surface area contributed by atoms with E-state index in [0.29, 0.717) is 5.95 Å². The van der Waals surface area contributed by atoms with Crippen molar-refractivity contribution in [2.24, 2.45) is 0 Å². The summed E-state index contributed by atoms with van der Waals surface area (Å²) >= 11 is 0. The molecule has 0 saturated carbocycles. The smallest absolute Gasteiger partial charge is 0.220 e. The minimum Gasteiger partial charge on any atom is -0.368 e. The Labute approximate surface area is 105 Å². The number of nitrogen functional groups attached to an aromatic ring is 1. The van der Waals surface area contributed by atoms with Crippen LogP contribution in [0, 0.1) is 6.92 Å². The van der Waals surface area contributed by atoms with Crippen LogP contribution in [0.1, 0.15) is 5.56 Å². The topological polar surface area (TPSA) is 51.8 Å². The third kappa shape index (κ3) is 1.70. The molecule has 0 amide bonds. The Kier molecular flexibility index (Phi) is 2.45. The van der Waals surface area contributed by atoms with Gasteiger partial charge in [-0.05, 0) is 23.3 Å². The van der Waals surface area contributed by atoms with Gasteiger partial charge in [0.05, 0.1) is 5.69 Å². The fourth-order valence-corrected chi connectivity index (χ4v) is 2.16. The second-order valence-corrected chi connectivity index (χ2v) is 4.29. The number of hydrogen-bond donors (Lipinski definition) is 1. The van der Waals surface area contributed by atoms with E-state index in [1.807, 2.05) is 25.1 Å². The van der Waals surface area contributed by atoms with E-state index in [9.17, 15) is 0 Å². The van der Waals surface area contributed by atoms with Crippen LogP contribution in [0.25, 0.3) is 22.0 Å². The molecule has 2 aromatic carbocycles. The maximum absolute atomic E-state index is 5.69. The van der Waals surface area contributed by atoms with Crippen LogP contribution in [0.3, 0.4) is 0 Å². The van der Waals surface area contributed by atoms with E-state index < -0.39 is 0 Å². The number of anilines is 1. The van der Waals surface area contributed by atoms with Gasteiger partial charge in [0.25, 0.3) is 0 Å². The number of benzene rings is 2. The molecule has 18 heavy (non-hydrogen) atoms. The molecule has 3 nitrogen and oxygen atoms in total. The number of aryl methyl sites for hydroxylation is 1. The second-order valence-electron chi connectivity index (χ2n) is 4.29. The highest BCUT2D eigenvalue weighted by Gasteiger charge is 2.08. The average molecular weight is 235 g/mol. The highest BCUT2D eigenvalue weighted by atomic mass is 15.0. The molecular formula is C15H13N3. The third-order valence-electron chi connectivity index (χ3n) is 3.04. The zero-order valence-corrected chi connectivity index (χ0v) is 10.1. The molecule has 3 rings (SSSR count). The average Bonchev–Trinajstić information content (AvgIpc) is 2.41. The summed E-state index contributed by atoms with van der Waals surface area (Å²) in [4.78, 5) is 8.37. The number of fused-ring (bicyclic) bond motifs is 1. The van der Waals surface area contributed by atoms with Crippen LogP contribution in [0.2, 0.25) is 0 Å². The molecule has 0 radical (unpaired) electrons. The monoisotopic (exact) mass is 235 g/mol. The van der Waals surface area contributed by atoms with Gasteiger partial charge in [-0.15, -0.1) is 0 Å². The van der Waals surface area contributed by atoms with E-state index in [0.717, 1.165) is 16.8 Å². The van der Waals surface area contributed by atoms with E-state index in [2.05, 4.69) is 34.2 Å². The lowest BCUT2D eigenvalue weighted by molar-refractivity contribution is 1.15. The number of nitrogens with two attached hydrogens (primary N) is 1. The van der Waals surface area contributed by atoms with Crippen molar-refractivity contribution in [3.05, 3.63) is 54.2 Å². The maximum Gasteiger partial charge on any atom is 0.220 e. The van der Waals surface area contributed by atoms with Gasteiger partial charge in [0.15, 0.2) is 0 Å². The summed E-state index contributed by atoms with van der Waals surface area (Å²) in [7, 11) is 0. The quantitative estimate of drug-likeness (QED) is 0.704. The van der Waals surface area contributed by atoms with Crippen LogP contribution >= 0.6 is 0 Å². The summed E-state index contributed by atoms with van der Waals surface area (Å²) in [5.74, 6) is 0.309. The predicted molar refractivity (Wildman–Crippen MR) is 74.1 cm³/mol. The summed E-state index contributed by atoms with van der Waals surface area (Å²) in [6, 6.07) is 14.5. The molecule has 0 fully saturated rings. The molecule has 0 atom stereocenters. The molecule has 0 aliphatic carbocycles. The Morgan fingerprint density at radius 3 is 2.67 bits per heavy atom. The molecule has 0 bridgehead atoms. The van der Waals surface area contributed by atoms with E-state index in [1.54, 1.807) is 6.20 Å². The van der Waals surface area contributed by atoms with Crippen LogP contribution in [-0.4, -0.2) is 9.97 Å². The lowest BCUT2D eigenvalue weighted by Crippen LogP contribution is -1.98. The first kappa shape index (κ1) is 10.7. The molecule has 1 aromatic heterocycles. The highest BCUT2D eigenvalue weighted by Crippen LogP contribution is 2.29. The first-order chi connectivity index (χ1) is 8.75. The number of rotatable bonds is 1. The zero-order valence-electron chi connectivity index (χ0n) is 10.1. The van der Waals surface area contributed by atoms with E-state index >= 15 is 0 Å². The maximum atomic E-state index is 5.69. The van der Waals surface area contributed by atoms with Gasteiger partial charge in [-0.2, -0.15) is 0 Å². The van der Waals surface area contributed by atoms with Gasteiger partial charge in [-0.3, -0.25) is 0 Å². The second kappa shape index (κ2) is 4.11. The summed E-state index contributed by atoms with van der Waals surface area (Å²) in [6.07, 6.45) is 1.76. The molecule has 2 N–H and O–H groups in total. The van der Waals surface area contributed by atoms with Crippen LogP contribution in [0.15, 0.2) is 48.7 Å². The van der Waals surface area contributed by atoms with Crippen molar-refractivity contribution in [1.82, 2.24) is 9.97 Å². The Balaban J connectivity index is 2.35. The normalized spacial score (nSPS) is 10.7. The molecule has 3 heteroatoms. The van der Waals surface area contributed by atoms with E-state index in [-0.39, 0.29) is 0 Å². The van der Waals surface area contributed by atoms with E-state index in [1.165, 1.54) is 10.8 Å². The molecule has 0 spiro atoms. The molecule has 0 saturated heterocycles. The summed E-state index contributed by atoms with van der Waals surface area (Å²) in [5, 5.41) is 2.38. The van der Waals surface area contributed by atoms with Crippen LogP contribution in [0.4, 0.5) is 5.95 Å². The first-order valence-corrected chi connectivity index (χ1v) is 5.83. The van der Waals surface area contributed by atoms with Crippen LogP contribution < -0.4 is 5.73 Å². The molecule has 0 aliphatic rings. The largest absolute Gasteiger partial charge is 0.368 e. The van der Waals surface area contributed by atoms with Crippen molar-refractivity contribution >= 4 is 16.7 Å². The Hall–Kier alpha value is -2.42. The minimum atomic E-state index is 0.309. The molecule has 0 unspecified atom stereocenters. The van der Waals surface area contributed by atoms with Crippen LogP contribution in [-0.2, 0) is 0 Å². The number of aromatic nitrogens is 2. The number of nitrogens with zero attached hydrogens (tertiary/aromatic N) is 2. The molecule has 1 heterocycles. The zero-order chi connectivity index (χ0) is 12.5. The summed E-state index contributed by atoms with van der Waals surface area (Å²) in [6.45, 7) is 2.00. The minimum absolute atomic E-state index is 0.309. The van der Waals surface area contributed by atoms with Crippen molar-refractivity contribution in [3.63, 3.8) is 0 Å². The van der Waals surface area contributed by atoms with Crippen molar-refractivity contribution < 1.29 is 0 Å². The van der Waals surface area contributed by atoms with Gasteiger partial charge in [-0.25, -0.2) is 9.97 Å². The van der Waals surface area contributed by atoms with Gasteiger partial charge in [0.2, 0.25) is 5.95 Å². The molecule has 88 valence electrons. The van der Waals surface area contributed by atoms with Crippen molar-refractivity contribution in [2.75, 3.05) is 5.73 Å². The van der Waals surface area contributed by atoms with Gasteiger partial charge in [-0.1, -0.05) is 42.5 Å². The lowest BCUT2D eigenvalue weighted by atomic mass is 10.00. The Morgan fingerprint density at radius 1 is 1.00 bits per heavy atom. The summed E-state index contributed by atoms with van der Waals surface area (Å²) in [5.41, 5.74) is 8.71. The van der Waals surface area contributed by atoms with E-state index in [4.69, 9.17) is 5.73 Å². The Morgan fingerprint density at radius 2 is 1.78 bits per heavy atom. The molecular weight excluding hydrogens is 222 g/mol. The fraction of sp³-hybridized carbons (Fsp3) is 0.0667. The predicted octanol–water partition coefficient (Wildman–Crippen LogP) is 3.19. The highest BCUT2D eigenvalue weighted by molar-refractivity contribution is 5.96. The molecule has 3 aromatic rings. The SMILES string of the molecule is Cc1cnc(N)nc1-c1cccc2ccccc12. The number of hydrogen-bond acceptors (Lipinski definition) is 3. The lowest BCUT2D eigenvalue weighted by Gasteiger charge is -2.08. The third-order valence-corrected chi connectivity index (χ3v) is 3.04. The van der Waals surface area contributed by atoms with Gasteiger partial charge in [0.1, 0.15) is 0 Å². The molecule has 0 aliphatic heterocycles. The first-order valence-electron chi connectivity index (χ1n) is 5.83. The fourth-order valence-electron chi connectivity index (χ4n) is 2.16. The standard InChI is InChI=1S/C15H13N3/c1-10-9-17-15(16)18-14(10)13-8-4-6-11-5-2-3-7-12(11)13/h2-9H,1H3,(H2,16,17,18).